The van der Waals surface area contributed by atoms with Crippen molar-refractivity contribution in [2.45, 2.75) is 18.5 Å². The predicted molar refractivity (Wildman–Crippen MR) is 114 cm³/mol. The molecule has 1 aromatic rings. The molecule has 30 heavy (non-hydrogen) atoms. The number of nitrogens with two attached hydrogens (primary N) is 1. The molecule has 0 unspecified atom stereocenters. The molecule has 0 aromatic heterocycles. The average Bonchev–Trinajstić information content (AvgIpc) is 3.10. The molecule has 164 valence electrons. The minimum atomic E-state index is -0.912. The van der Waals surface area contributed by atoms with Gasteiger partial charge in [0.25, 0.3) is 0 Å². The minimum absolute atomic E-state index is 0.203. The summed E-state index contributed by atoms with van der Waals surface area (Å²) in [5, 5.41) is 5.47. The van der Waals surface area contributed by atoms with Crippen LogP contribution in [0.5, 0.6) is 5.75 Å². The van der Waals surface area contributed by atoms with E-state index >= 15 is 0 Å². The Morgan fingerprint density at radius 2 is 2.07 bits per heavy atom. The van der Waals surface area contributed by atoms with Crippen molar-refractivity contribution in [2.75, 3.05) is 44.6 Å². The Labute approximate surface area is 179 Å². The monoisotopic (exact) mass is 437 g/mol. The molecule has 0 aliphatic carbocycles. The van der Waals surface area contributed by atoms with Crippen molar-refractivity contribution >= 4 is 41.2 Å². The summed E-state index contributed by atoms with van der Waals surface area (Å²) < 4.78 is 5.13. The van der Waals surface area contributed by atoms with Crippen LogP contribution < -0.4 is 21.1 Å². The zero-order valence-electron chi connectivity index (χ0n) is 17.2. The first-order valence-electron chi connectivity index (χ1n) is 9.30. The summed E-state index contributed by atoms with van der Waals surface area (Å²) in [6.45, 7) is 0.0485. The molecule has 1 fully saturated rings. The summed E-state index contributed by atoms with van der Waals surface area (Å²) in [5.41, 5.74) is 5.71. The standard InChI is InChI=1S/C19H27N5O5S/c1-23(10-15(20)25)18(27)17-14(7-8-24(17)16(26)11-30-3)22-19(28)21-12-5-4-6-13(9-12)29-2/h4-6,9,14,17H,7-8,10-11H2,1-3H3,(H2,20,25)(H2,21,22,28)/t14-,17-/m0/s1. The van der Waals surface area contributed by atoms with Crippen molar-refractivity contribution in [3.8, 4) is 5.75 Å². The lowest BCUT2D eigenvalue weighted by molar-refractivity contribution is -0.143. The van der Waals surface area contributed by atoms with Crippen LogP contribution in [-0.2, 0) is 14.4 Å². The molecule has 1 saturated heterocycles. The Kier molecular flexibility index (Phi) is 8.34. The lowest BCUT2D eigenvalue weighted by Gasteiger charge is -2.30. The first-order chi connectivity index (χ1) is 14.3. The molecule has 2 atom stereocenters. The Morgan fingerprint density at radius 1 is 1.33 bits per heavy atom. The lowest BCUT2D eigenvalue weighted by Crippen LogP contribution is -2.56. The number of rotatable bonds is 8. The molecule has 5 amide bonds. The van der Waals surface area contributed by atoms with Crippen molar-refractivity contribution in [2.24, 2.45) is 5.73 Å². The molecule has 0 radical (unpaired) electrons. The van der Waals surface area contributed by atoms with E-state index in [9.17, 15) is 19.2 Å². The molecule has 2 rings (SSSR count). The van der Waals surface area contributed by atoms with Gasteiger partial charge in [0.05, 0.1) is 25.4 Å². The Hall–Kier alpha value is -2.95. The summed E-state index contributed by atoms with van der Waals surface area (Å²) in [6.07, 6.45) is 2.20. The number of urea groups is 1. The number of nitrogens with one attached hydrogen (secondary N) is 2. The van der Waals surface area contributed by atoms with Crippen LogP contribution in [-0.4, -0.2) is 84.9 Å². The third-order valence-corrected chi connectivity index (χ3v) is 5.19. The number of methoxy groups -OCH3 is 1. The first-order valence-corrected chi connectivity index (χ1v) is 10.7. The summed E-state index contributed by atoms with van der Waals surface area (Å²) in [4.78, 5) is 51.8. The maximum atomic E-state index is 13.0. The fourth-order valence-electron chi connectivity index (χ4n) is 3.31. The molecule has 10 nitrogen and oxygen atoms in total. The number of nitrogens with zero attached hydrogens (tertiary/aromatic N) is 2. The van der Waals surface area contributed by atoms with E-state index < -0.39 is 29.9 Å². The van der Waals surface area contributed by atoms with E-state index in [0.717, 1.165) is 0 Å². The largest absolute Gasteiger partial charge is 0.497 e. The molecule has 0 spiro atoms. The fraction of sp³-hybridized carbons (Fsp3) is 0.474. The summed E-state index contributed by atoms with van der Waals surface area (Å²) in [5.74, 6) is -0.514. The SMILES string of the molecule is COc1cccc(NC(=O)N[C@H]2CCN(C(=O)CSC)[C@@H]2C(=O)N(C)CC(N)=O)c1. The minimum Gasteiger partial charge on any atom is -0.497 e. The number of anilines is 1. The fourth-order valence-corrected chi connectivity index (χ4v) is 3.72. The number of amides is 5. The molecular weight excluding hydrogens is 410 g/mol. The van der Waals surface area contributed by atoms with E-state index in [2.05, 4.69) is 10.6 Å². The van der Waals surface area contributed by atoms with Gasteiger partial charge >= 0.3 is 6.03 Å². The van der Waals surface area contributed by atoms with Gasteiger partial charge < -0.3 is 30.9 Å². The number of benzene rings is 1. The zero-order chi connectivity index (χ0) is 22.3. The van der Waals surface area contributed by atoms with E-state index in [1.165, 1.54) is 35.7 Å². The Morgan fingerprint density at radius 3 is 2.70 bits per heavy atom. The second-order valence-corrected chi connectivity index (χ2v) is 7.72. The van der Waals surface area contributed by atoms with Crippen molar-refractivity contribution < 1.29 is 23.9 Å². The lowest BCUT2D eigenvalue weighted by atomic mass is 10.1. The molecular formula is C19H27N5O5S. The van der Waals surface area contributed by atoms with Crippen LogP contribution in [0.4, 0.5) is 10.5 Å². The summed E-state index contributed by atoms with van der Waals surface area (Å²) in [6, 6.07) is 4.81. The van der Waals surface area contributed by atoms with Gasteiger partial charge in [0, 0.05) is 25.3 Å². The Balaban J connectivity index is 2.14. The highest BCUT2D eigenvalue weighted by Gasteiger charge is 2.43. The first kappa shape index (κ1) is 23.3. The average molecular weight is 438 g/mol. The number of carbonyl (C=O) groups excluding carboxylic acids is 4. The number of hydrogen-bond acceptors (Lipinski definition) is 6. The molecule has 1 aromatic carbocycles. The van der Waals surface area contributed by atoms with Gasteiger partial charge in [-0.05, 0) is 24.8 Å². The second-order valence-electron chi connectivity index (χ2n) is 6.85. The number of ether oxygens (including phenoxy) is 1. The van der Waals surface area contributed by atoms with E-state index in [1.807, 2.05) is 0 Å². The van der Waals surface area contributed by atoms with Gasteiger partial charge in [-0.15, -0.1) is 0 Å². The van der Waals surface area contributed by atoms with Crippen molar-refractivity contribution in [1.82, 2.24) is 15.1 Å². The predicted octanol–water partition coefficient (Wildman–Crippen LogP) is 0.0929. The van der Waals surface area contributed by atoms with Gasteiger partial charge in [0.2, 0.25) is 17.7 Å². The molecule has 0 bridgehead atoms. The van der Waals surface area contributed by atoms with Crippen molar-refractivity contribution in [1.29, 1.82) is 0 Å². The van der Waals surface area contributed by atoms with Crippen LogP contribution in [0.25, 0.3) is 0 Å². The maximum Gasteiger partial charge on any atom is 0.319 e. The van der Waals surface area contributed by atoms with Crippen LogP contribution in [0.2, 0.25) is 0 Å². The van der Waals surface area contributed by atoms with Crippen molar-refractivity contribution in [3.05, 3.63) is 24.3 Å². The van der Waals surface area contributed by atoms with Gasteiger partial charge in [-0.3, -0.25) is 14.4 Å². The van der Waals surface area contributed by atoms with Gasteiger partial charge in [-0.2, -0.15) is 11.8 Å². The topological polar surface area (TPSA) is 134 Å². The molecule has 1 aliphatic heterocycles. The van der Waals surface area contributed by atoms with E-state index in [4.69, 9.17) is 10.5 Å². The van der Waals surface area contributed by atoms with E-state index in [0.29, 0.717) is 24.4 Å². The Bertz CT molecular complexity index is 805. The molecule has 1 aliphatic rings. The zero-order valence-corrected chi connectivity index (χ0v) is 18.0. The molecule has 4 N–H and O–H groups in total. The number of likely N-dealkylation sites (N-methyl/N-ethyl adjacent to an activating group) is 1. The molecule has 11 heteroatoms. The van der Waals surface area contributed by atoms with E-state index in [-0.39, 0.29) is 18.2 Å². The highest BCUT2D eigenvalue weighted by atomic mass is 32.2. The molecule has 0 saturated carbocycles. The van der Waals surface area contributed by atoms with Crippen LogP contribution in [0, 0.1) is 0 Å². The van der Waals surface area contributed by atoms with E-state index in [1.54, 1.807) is 30.5 Å². The van der Waals surface area contributed by atoms with Gasteiger partial charge in [0.1, 0.15) is 11.8 Å². The number of likely N-dealkylation sites (tertiary alicyclic amines) is 1. The van der Waals surface area contributed by atoms with Crippen LogP contribution in [0.1, 0.15) is 6.42 Å². The van der Waals surface area contributed by atoms with Gasteiger partial charge in [-0.1, -0.05) is 6.07 Å². The van der Waals surface area contributed by atoms with Crippen LogP contribution in [0.15, 0.2) is 24.3 Å². The summed E-state index contributed by atoms with van der Waals surface area (Å²) in [7, 11) is 2.96. The summed E-state index contributed by atoms with van der Waals surface area (Å²) >= 11 is 1.35. The van der Waals surface area contributed by atoms with Gasteiger partial charge in [-0.25, -0.2) is 4.79 Å². The highest BCUT2D eigenvalue weighted by molar-refractivity contribution is 7.99. The highest BCUT2D eigenvalue weighted by Crippen LogP contribution is 2.22. The smallest absolute Gasteiger partial charge is 0.319 e. The van der Waals surface area contributed by atoms with Crippen LogP contribution in [0.3, 0.4) is 0 Å². The second kappa shape index (κ2) is 10.7. The van der Waals surface area contributed by atoms with Gasteiger partial charge in [0.15, 0.2) is 0 Å². The van der Waals surface area contributed by atoms with Crippen LogP contribution >= 0.6 is 11.8 Å². The quantitative estimate of drug-likeness (QED) is 0.528. The molecule has 1 heterocycles. The number of primary amides is 1. The third-order valence-electron chi connectivity index (χ3n) is 4.65. The number of carbonyl (C=O) groups is 4. The maximum absolute atomic E-state index is 13.0. The number of thioether (sulfide) groups is 1. The van der Waals surface area contributed by atoms with Crippen molar-refractivity contribution in [3.63, 3.8) is 0 Å². The number of hydrogen-bond donors (Lipinski definition) is 3. The third kappa shape index (κ3) is 6.02. The normalized spacial score (nSPS) is 17.9.